The minimum absolute atomic E-state index is 0.112. The van der Waals surface area contributed by atoms with Gasteiger partial charge in [-0.05, 0) is 25.5 Å². The zero-order valence-corrected chi connectivity index (χ0v) is 15.4. The van der Waals surface area contributed by atoms with Gasteiger partial charge >= 0.3 is 5.97 Å². The fraction of sp³-hybridized carbons (Fsp3) is 0.333. The third-order valence-corrected chi connectivity index (χ3v) is 4.87. The maximum atomic E-state index is 12.7. The molecule has 8 heteroatoms. The van der Waals surface area contributed by atoms with Crippen LogP contribution in [0.3, 0.4) is 0 Å². The summed E-state index contributed by atoms with van der Waals surface area (Å²) in [6.45, 7) is 6.27. The van der Waals surface area contributed by atoms with Gasteiger partial charge < -0.3 is 4.74 Å². The Kier molecular flexibility index (Phi) is 5.72. The number of aromatic nitrogens is 4. The van der Waals surface area contributed by atoms with Crippen LogP contribution in [0.25, 0.3) is 16.7 Å². The van der Waals surface area contributed by atoms with Gasteiger partial charge in [0.15, 0.2) is 5.16 Å². The average Bonchev–Trinajstić information content (AvgIpc) is 3.06. The van der Waals surface area contributed by atoms with Crippen LogP contribution in [0.5, 0.6) is 0 Å². The van der Waals surface area contributed by atoms with Crippen LogP contribution in [0.4, 0.5) is 0 Å². The van der Waals surface area contributed by atoms with E-state index in [4.69, 9.17) is 4.74 Å². The van der Waals surface area contributed by atoms with E-state index in [1.807, 2.05) is 22.6 Å². The van der Waals surface area contributed by atoms with Crippen molar-refractivity contribution in [3.8, 4) is 0 Å². The number of para-hydroxylation sites is 1. The lowest BCUT2D eigenvalue weighted by molar-refractivity contribution is -0.143. The second kappa shape index (κ2) is 8.18. The molecule has 0 radical (unpaired) electrons. The van der Waals surface area contributed by atoms with Gasteiger partial charge in [0.25, 0.3) is 5.56 Å². The van der Waals surface area contributed by atoms with Crippen LogP contribution in [0, 0.1) is 0 Å². The van der Waals surface area contributed by atoms with Gasteiger partial charge in [0.2, 0.25) is 5.78 Å². The molecule has 0 atom stereocenters. The monoisotopic (exact) mass is 372 g/mol. The molecule has 0 unspecified atom stereocenters. The standard InChI is InChI=1S/C18H20N4O3S/c1-3-11-21-16(24)13-8-5-6-9-14(13)22-17(21)19-20-18(22)26-12-7-10-15(23)25-4-2/h3,5-6,8-9H,1,4,7,10-12H2,2H3. The predicted molar refractivity (Wildman–Crippen MR) is 102 cm³/mol. The highest BCUT2D eigenvalue weighted by molar-refractivity contribution is 7.99. The van der Waals surface area contributed by atoms with E-state index in [2.05, 4.69) is 16.8 Å². The second-order valence-electron chi connectivity index (χ2n) is 5.60. The molecule has 2 aromatic heterocycles. The van der Waals surface area contributed by atoms with Crippen LogP contribution in [0.2, 0.25) is 0 Å². The Morgan fingerprint density at radius 2 is 2.15 bits per heavy atom. The highest BCUT2D eigenvalue weighted by Gasteiger charge is 2.16. The van der Waals surface area contributed by atoms with E-state index in [0.29, 0.717) is 48.1 Å². The molecule has 26 heavy (non-hydrogen) atoms. The lowest BCUT2D eigenvalue weighted by atomic mass is 10.2. The number of carbonyl (C=O) groups excluding carboxylic acids is 1. The molecule has 2 heterocycles. The van der Waals surface area contributed by atoms with Crippen molar-refractivity contribution >= 4 is 34.4 Å². The third-order valence-electron chi connectivity index (χ3n) is 3.85. The Hall–Kier alpha value is -2.61. The molecule has 0 amide bonds. The van der Waals surface area contributed by atoms with E-state index in [0.717, 1.165) is 5.52 Å². The van der Waals surface area contributed by atoms with Gasteiger partial charge in [-0.25, -0.2) is 0 Å². The van der Waals surface area contributed by atoms with Gasteiger partial charge in [-0.1, -0.05) is 30.0 Å². The molecule has 0 fully saturated rings. The molecule has 3 rings (SSSR count). The number of carbonyl (C=O) groups is 1. The third kappa shape index (κ3) is 3.50. The summed E-state index contributed by atoms with van der Waals surface area (Å²) in [4.78, 5) is 24.1. The summed E-state index contributed by atoms with van der Waals surface area (Å²) in [5.74, 6) is 1.00. The number of allylic oxidation sites excluding steroid dienone is 1. The number of rotatable bonds is 8. The quantitative estimate of drug-likeness (QED) is 0.262. The zero-order valence-electron chi connectivity index (χ0n) is 14.6. The first-order valence-corrected chi connectivity index (χ1v) is 9.42. The first-order chi connectivity index (χ1) is 12.7. The highest BCUT2D eigenvalue weighted by atomic mass is 32.2. The summed E-state index contributed by atoms with van der Waals surface area (Å²) in [5, 5.41) is 9.75. The van der Waals surface area contributed by atoms with Crippen LogP contribution >= 0.6 is 11.8 Å². The minimum Gasteiger partial charge on any atom is -0.466 e. The van der Waals surface area contributed by atoms with Crippen LogP contribution in [0.15, 0.2) is 46.9 Å². The molecule has 0 bridgehead atoms. The number of nitrogens with zero attached hydrogens (tertiary/aromatic N) is 4. The number of benzene rings is 1. The summed E-state index contributed by atoms with van der Waals surface area (Å²) >= 11 is 1.50. The van der Waals surface area contributed by atoms with E-state index in [1.165, 1.54) is 11.8 Å². The predicted octanol–water partition coefficient (Wildman–Crippen LogP) is 2.67. The van der Waals surface area contributed by atoms with Crippen LogP contribution < -0.4 is 5.56 Å². The molecule has 0 aliphatic rings. The van der Waals surface area contributed by atoms with Gasteiger partial charge in [-0.3, -0.25) is 18.6 Å². The maximum Gasteiger partial charge on any atom is 0.305 e. The summed E-state index contributed by atoms with van der Waals surface area (Å²) < 4.78 is 8.38. The fourth-order valence-corrected chi connectivity index (χ4v) is 3.61. The molecule has 7 nitrogen and oxygen atoms in total. The highest BCUT2D eigenvalue weighted by Crippen LogP contribution is 2.22. The van der Waals surface area contributed by atoms with E-state index in [9.17, 15) is 9.59 Å². The number of hydrogen-bond acceptors (Lipinski definition) is 6. The number of fused-ring (bicyclic) bond motifs is 3. The molecular weight excluding hydrogens is 352 g/mol. The average molecular weight is 372 g/mol. The lowest BCUT2D eigenvalue weighted by Gasteiger charge is -2.09. The van der Waals surface area contributed by atoms with Crippen molar-refractivity contribution in [2.45, 2.75) is 31.5 Å². The zero-order chi connectivity index (χ0) is 18.5. The summed E-state index contributed by atoms with van der Waals surface area (Å²) in [5.41, 5.74) is 0.657. The SMILES string of the molecule is C=CCn1c(=O)c2ccccc2n2c(SCCCC(=O)OCC)nnc12. The van der Waals surface area contributed by atoms with Crippen LogP contribution in [-0.2, 0) is 16.1 Å². The normalized spacial score (nSPS) is 11.1. The molecule has 0 saturated carbocycles. The van der Waals surface area contributed by atoms with Crippen molar-refractivity contribution in [2.75, 3.05) is 12.4 Å². The van der Waals surface area contributed by atoms with Crippen molar-refractivity contribution in [3.05, 3.63) is 47.3 Å². The molecule has 0 spiro atoms. The Morgan fingerprint density at radius 1 is 1.35 bits per heavy atom. The van der Waals surface area contributed by atoms with Crippen molar-refractivity contribution < 1.29 is 9.53 Å². The Labute approximate surface area is 154 Å². The van der Waals surface area contributed by atoms with Gasteiger partial charge in [-0.15, -0.1) is 16.8 Å². The lowest BCUT2D eigenvalue weighted by Crippen LogP contribution is -2.22. The van der Waals surface area contributed by atoms with Gasteiger partial charge in [0, 0.05) is 18.7 Å². The number of esters is 1. The number of hydrogen-bond donors (Lipinski definition) is 0. The van der Waals surface area contributed by atoms with Crippen molar-refractivity contribution in [1.82, 2.24) is 19.2 Å². The number of thioether (sulfide) groups is 1. The molecule has 1 aromatic carbocycles. The van der Waals surface area contributed by atoms with Gasteiger partial charge in [0.05, 0.1) is 17.5 Å². The smallest absolute Gasteiger partial charge is 0.305 e. The van der Waals surface area contributed by atoms with E-state index < -0.39 is 0 Å². The topological polar surface area (TPSA) is 78.5 Å². The Bertz CT molecular complexity index is 1010. The molecule has 136 valence electrons. The van der Waals surface area contributed by atoms with Crippen molar-refractivity contribution in [1.29, 1.82) is 0 Å². The second-order valence-corrected chi connectivity index (χ2v) is 6.66. The minimum atomic E-state index is -0.190. The number of ether oxygens (including phenoxy) is 1. The summed E-state index contributed by atoms with van der Waals surface area (Å²) in [6.07, 6.45) is 2.72. The molecule has 0 aliphatic carbocycles. The fourth-order valence-electron chi connectivity index (χ4n) is 2.73. The largest absolute Gasteiger partial charge is 0.466 e. The summed E-state index contributed by atoms with van der Waals surface area (Å²) in [7, 11) is 0. The van der Waals surface area contributed by atoms with Crippen molar-refractivity contribution in [2.24, 2.45) is 0 Å². The first-order valence-electron chi connectivity index (χ1n) is 8.43. The molecule has 0 aliphatic heterocycles. The van der Waals surface area contributed by atoms with E-state index in [-0.39, 0.29) is 11.5 Å². The molecule has 0 N–H and O–H groups in total. The van der Waals surface area contributed by atoms with Gasteiger partial charge in [-0.2, -0.15) is 0 Å². The molecular formula is C18H20N4O3S. The first kappa shape index (κ1) is 18.2. The van der Waals surface area contributed by atoms with Crippen molar-refractivity contribution in [3.63, 3.8) is 0 Å². The molecule has 0 saturated heterocycles. The van der Waals surface area contributed by atoms with Crippen LogP contribution in [0.1, 0.15) is 19.8 Å². The molecule has 3 aromatic rings. The van der Waals surface area contributed by atoms with Crippen LogP contribution in [-0.4, -0.2) is 37.5 Å². The van der Waals surface area contributed by atoms with Gasteiger partial charge in [0.1, 0.15) is 0 Å². The summed E-state index contributed by atoms with van der Waals surface area (Å²) in [6, 6.07) is 7.40. The Morgan fingerprint density at radius 3 is 2.92 bits per heavy atom. The van der Waals surface area contributed by atoms with E-state index >= 15 is 0 Å². The van der Waals surface area contributed by atoms with E-state index in [1.54, 1.807) is 23.6 Å². The maximum absolute atomic E-state index is 12.7. The Balaban J connectivity index is 1.94.